The van der Waals surface area contributed by atoms with Gasteiger partial charge in [-0.3, -0.25) is 9.59 Å². The van der Waals surface area contributed by atoms with E-state index in [2.05, 4.69) is 10.6 Å². The van der Waals surface area contributed by atoms with Gasteiger partial charge in [-0.15, -0.1) is 0 Å². The first-order valence-electron chi connectivity index (χ1n) is 6.94. The molecule has 0 heterocycles. The maximum atomic E-state index is 12.9. The van der Waals surface area contributed by atoms with Crippen LogP contribution >= 0.6 is 0 Å². The van der Waals surface area contributed by atoms with Crippen LogP contribution in [0.1, 0.15) is 24.1 Å². The molecule has 2 rings (SSSR count). The van der Waals surface area contributed by atoms with Crippen LogP contribution < -0.4 is 10.6 Å². The molecular weight excluding hydrogens is 283 g/mol. The number of rotatable bonds is 4. The average molecular weight is 300 g/mol. The topological polar surface area (TPSA) is 58.2 Å². The highest BCUT2D eigenvalue weighted by Crippen LogP contribution is 2.12. The summed E-state index contributed by atoms with van der Waals surface area (Å²) in [6.45, 7) is 2.02. The summed E-state index contributed by atoms with van der Waals surface area (Å²) in [7, 11) is 0. The molecule has 0 spiro atoms. The minimum Gasteiger partial charge on any atom is -0.344 e. The first-order valence-corrected chi connectivity index (χ1v) is 6.94. The lowest BCUT2D eigenvalue weighted by molar-refractivity contribution is -0.139. The van der Waals surface area contributed by atoms with Crippen LogP contribution in [0.3, 0.4) is 0 Å². The van der Waals surface area contributed by atoms with Crippen LogP contribution in [0.5, 0.6) is 0 Å². The maximum absolute atomic E-state index is 12.9. The standard InChI is InChI=1S/C17H17FN2O2/c1-12(14-7-9-15(18)10-8-14)20-17(22)16(21)19-11-13-5-3-2-4-6-13/h2-10,12H,11H2,1H3,(H,19,21)(H,20,22)/t12-/m1/s1. The highest BCUT2D eigenvalue weighted by atomic mass is 19.1. The normalized spacial score (nSPS) is 11.5. The van der Waals surface area contributed by atoms with Gasteiger partial charge in [-0.1, -0.05) is 42.5 Å². The molecule has 2 aromatic carbocycles. The average Bonchev–Trinajstić information content (AvgIpc) is 2.54. The van der Waals surface area contributed by atoms with Gasteiger partial charge in [0.2, 0.25) is 0 Å². The molecule has 0 saturated carbocycles. The lowest BCUT2D eigenvalue weighted by Gasteiger charge is -2.14. The molecule has 2 amide bonds. The smallest absolute Gasteiger partial charge is 0.309 e. The Morgan fingerprint density at radius 1 is 1.00 bits per heavy atom. The third kappa shape index (κ3) is 4.41. The molecule has 4 nitrogen and oxygen atoms in total. The van der Waals surface area contributed by atoms with Crippen molar-refractivity contribution in [1.82, 2.24) is 10.6 Å². The van der Waals surface area contributed by atoms with Crippen LogP contribution in [-0.4, -0.2) is 11.8 Å². The molecule has 22 heavy (non-hydrogen) atoms. The van der Waals surface area contributed by atoms with E-state index in [-0.39, 0.29) is 18.4 Å². The molecule has 0 unspecified atom stereocenters. The van der Waals surface area contributed by atoms with E-state index < -0.39 is 11.8 Å². The van der Waals surface area contributed by atoms with E-state index in [1.165, 1.54) is 12.1 Å². The summed E-state index contributed by atoms with van der Waals surface area (Å²) in [4.78, 5) is 23.6. The molecule has 0 bridgehead atoms. The Labute approximate surface area is 128 Å². The van der Waals surface area contributed by atoms with Crippen LogP contribution in [-0.2, 0) is 16.1 Å². The van der Waals surface area contributed by atoms with Crippen LogP contribution in [0.25, 0.3) is 0 Å². The number of carbonyl (C=O) groups excluding carboxylic acids is 2. The zero-order valence-corrected chi connectivity index (χ0v) is 12.2. The highest BCUT2D eigenvalue weighted by molar-refractivity contribution is 6.35. The zero-order chi connectivity index (χ0) is 15.9. The first-order chi connectivity index (χ1) is 10.6. The number of halogens is 1. The molecule has 2 N–H and O–H groups in total. The summed E-state index contributed by atoms with van der Waals surface area (Å²) in [5, 5.41) is 5.13. The Hall–Kier alpha value is -2.69. The third-order valence-corrected chi connectivity index (χ3v) is 3.22. The van der Waals surface area contributed by atoms with Crippen LogP contribution in [0.15, 0.2) is 54.6 Å². The Morgan fingerprint density at radius 2 is 1.64 bits per heavy atom. The van der Waals surface area contributed by atoms with Gasteiger partial charge in [-0.05, 0) is 30.2 Å². The molecule has 114 valence electrons. The highest BCUT2D eigenvalue weighted by Gasteiger charge is 2.16. The third-order valence-electron chi connectivity index (χ3n) is 3.22. The molecule has 0 aromatic heterocycles. The molecule has 0 radical (unpaired) electrons. The number of hydrogen-bond donors (Lipinski definition) is 2. The van der Waals surface area contributed by atoms with E-state index in [1.54, 1.807) is 19.1 Å². The van der Waals surface area contributed by atoms with Crippen molar-refractivity contribution >= 4 is 11.8 Å². The quantitative estimate of drug-likeness (QED) is 0.851. The molecule has 0 aliphatic rings. The van der Waals surface area contributed by atoms with E-state index in [4.69, 9.17) is 0 Å². The molecule has 0 saturated heterocycles. The van der Waals surface area contributed by atoms with Gasteiger partial charge < -0.3 is 10.6 Å². The Balaban J connectivity index is 1.85. The zero-order valence-electron chi connectivity index (χ0n) is 12.2. The Morgan fingerprint density at radius 3 is 2.27 bits per heavy atom. The fraction of sp³-hybridized carbons (Fsp3) is 0.176. The van der Waals surface area contributed by atoms with E-state index in [1.807, 2.05) is 30.3 Å². The van der Waals surface area contributed by atoms with E-state index >= 15 is 0 Å². The van der Waals surface area contributed by atoms with Crippen molar-refractivity contribution in [3.05, 3.63) is 71.5 Å². The van der Waals surface area contributed by atoms with Crippen molar-refractivity contribution in [1.29, 1.82) is 0 Å². The second kappa shape index (κ2) is 7.36. The van der Waals surface area contributed by atoms with E-state index in [9.17, 15) is 14.0 Å². The number of nitrogens with one attached hydrogen (secondary N) is 2. The van der Waals surface area contributed by atoms with Crippen molar-refractivity contribution in [3.8, 4) is 0 Å². The minimum atomic E-state index is -0.715. The van der Waals surface area contributed by atoms with Gasteiger partial charge in [0.05, 0.1) is 6.04 Å². The number of carbonyl (C=O) groups is 2. The number of amides is 2. The first kappa shape index (κ1) is 15.7. The fourth-order valence-corrected chi connectivity index (χ4v) is 1.96. The predicted molar refractivity (Wildman–Crippen MR) is 81.2 cm³/mol. The summed E-state index contributed by atoms with van der Waals surface area (Å²) in [6.07, 6.45) is 0. The van der Waals surface area contributed by atoms with E-state index in [0.717, 1.165) is 11.1 Å². The van der Waals surface area contributed by atoms with Crippen LogP contribution in [0.4, 0.5) is 4.39 Å². The molecule has 0 aliphatic carbocycles. The molecule has 1 atom stereocenters. The summed E-state index contributed by atoms with van der Waals surface area (Å²) in [6, 6.07) is 14.7. The van der Waals surface area contributed by atoms with Crippen LogP contribution in [0.2, 0.25) is 0 Å². The predicted octanol–water partition coefficient (Wildman–Crippen LogP) is 2.32. The van der Waals surface area contributed by atoms with Crippen molar-refractivity contribution in [2.45, 2.75) is 19.5 Å². The second-order valence-corrected chi connectivity index (χ2v) is 4.91. The van der Waals surface area contributed by atoms with Crippen molar-refractivity contribution in [2.75, 3.05) is 0 Å². The minimum absolute atomic E-state index is 0.290. The summed E-state index contributed by atoms with van der Waals surface area (Å²) >= 11 is 0. The molecule has 2 aromatic rings. The Bertz CT molecular complexity index is 641. The van der Waals surface area contributed by atoms with Gasteiger partial charge in [0.15, 0.2) is 0 Å². The van der Waals surface area contributed by atoms with Gasteiger partial charge in [0.1, 0.15) is 5.82 Å². The fourth-order valence-electron chi connectivity index (χ4n) is 1.96. The van der Waals surface area contributed by atoms with Gasteiger partial charge in [0.25, 0.3) is 0 Å². The van der Waals surface area contributed by atoms with Gasteiger partial charge in [0, 0.05) is 6.54 Å². The monoisotopic (exact) mass is 300 g/mol. The number of benzene rings is 2. The molecule has 5 heteroatoms. The van der Waals surface area contributed by atoms with Crippen molar-refractivity contribution < 1.29 is 14.0 Å². The summed E-state index contributed by atoms with van der Waals surface area (Å²) in [5.41, 5.74) is 1.64. The second-order valence-electron chi connectivity index (χ2n) is 4.91. The van der Waals surface area contributed by atoms with Crippen LogP contribution in [0, 0.1) is 5.82 Å². The largest absolute Gasteiger partial charge is 0.344 e. The van der Waals surface area contributed by atoms with Gasteiger partial charge in [-0.2, -0.15) is 0 Å². The Kier molecular flexibility index (Phi) is 5.25. The summed E-state index contributed by atoms with van der Waals surface area (Å²) < 4.78 is 12.9. The van der Waals surface area contributed by atoms with Gasteiger partial charge in [-0.25, -0.2) is 4.39 Å². The SMILES string of the molecule is C[C@@H](NC(=O)C(=O)NCc1ccccc1)c1ccc(F)cc1. The summed E-state index contributed by atoms with van der Waals surface area (Å²) in [5.74, 6) is -1.76. The lowest BCUT2D eigenvalue weighted by Crippen LogP contribution is -2.40. The molecule has 0 fully saturated rings. The van der Waals surface area contributed by atoms with E-state index in [0.29, 0.717) is 0 Å². The molecular formula is C17H17FN2O2. The number of hydrogen-bond acceptors (Lipinski definition) is 2. The maximum Gasteiger partial charge on any atom is 0.309 e. The van der Waals surface area contributed by atoms with Crippen molar-refractivity contribution in [2.24, 2.45) is 0 Å². The van der Waals surface area contributed by atoms with Gasteiger partial charge >= 0.3 is 11.8 Å². The van der Waals surface area contributed by atoms with Crippen molar-refractivity contribution in [3.63, 3.8) is 0 Å². The molecule has 0 aliphatic heterocycles. The lowest BCUT2D eigenvalue weighted by atomic mass is 10.1.